The van der Waals surface area contributed by atoms with E-state index in [0.29, 0.717) is 16.1 Å². The van der Waals surface area contributed by atoms with Gasteiger partial charge in [-0.3, -0.25) is 14.4 Å². The molecule has 0 radical (unpaired) electrons. The van der Waals surface area contributed by atoms with Crippen molar-refractivity contribution >= 4 is 34.5 Å². The number of rotatable bonds is 7. The minimum Gasteiger partial charge on any atom is -0.395 e. The molecule has 0 bridgehead atoms. The molecule has 1 amide bonds. The summed E-state index contributed by atoms with van der Waals surface area (Å²) in [5, 5.41) is 9.68. The Kier molecular flexibility index (Phi) is 6.50. The van der Waals surface area contributed by atoms with Gasteiger partial charge in [-0.25, -0.2) is 0 Å². The fourth-order valence-corrected chi connectivity index (χ4v) is 4.58. The Hall–Kier alpha value is -2.81. The van der Waals surface area contributed by atoms with E-state index in [-0.39, 0.29) is 42.7 Å². The van der Waals surface area contributed by atoms with Gasteiger partial charge >= 0.3 is 0 Å². The fraction of sp³-hybridized carbons (Fsp3) is 0.318. The van der Waals surface area contributed by atoms with Crippen LogP contribution in [0, 0.1) is 13.8 Å². The Bertz CT molecular complexity index is 1030. The van der Waals surface area contributed by atoms with Gasteiger partial charge in [-0.1, -0.05) is 18.2 Å². The number of ether oxygens (including phenoxy) is 1. The van der Waals surface area contributed by atoms with E-state index in [9.17, 15) is 19.5 Å². The molecule has 158 valence electrons. The molecule has 0 aliphatic heterocycles. The second kappa shape index (κ2) is 8.91. The lowest BCUT2D eigenvalue weighted by molar-refractivity contribution is -0.131. The van der Waals surface area contributed by atoms with Gasteiger partial charge in [0.1, 0.15) is 18.0 Å². The number of nitrogens with zero attached hydrogens (tertiary/aromatic N) is 2. The monoisotopic (exact) mass is 428 g/mol. The zero-order chi connectivity index (χ0) is 22.0. The molecule has 0 fully saturated rings. The molecule has 3 rings (SSSR count). The Labute approximate surface area is 179 Å². The van der Waals surface area contributed by atoms with Crippen molar-refractivity contribution in [3.05, 3.63) is 62.6 Å². The average molecular weight is 429 g/mol. The van der Waals surface area contributed by atoms with Gasteiger partial charge in [0.25, 0.3) is 5.91 Å². The third-order valence-electron chi connectivity index (χ3n) is 5.11. The summed E-state index contributed by atoms with van der Waals surface area (Å²) in [6, 6.07) is 9.02. The smallest absolute Gasteiger partial charge is 0.252 e. The molecule has 8 heteroatoms. The Morgan fingerprint density at radius 2 is 1.77 bits per heavy atom. The van der Waals surface area contributed by atoms with Gasteiger partial charge < -0.3 is 19.6 Å². The average Bonchev–Trinajstić information content (AvgIpc) is 3.04. The molecule has 0 saturated carbocycles. The fourth-order valence-electron chi connectivity index (χ4n) is 3.49. The van der Waals surface area contributed by atoms with Crippen LogP contribution in [0.5, 0.6) is 0 Å². The summed E-state index contributed by atoms with van der Waals surface area (Å²) in [6.45, 7) is 3.29. The maximum atomic E-state index is 13.6. The SMILES string of the molecule is COCC(=O)N(C)C1=C(N(CCO)c2ccccc2)C(=O)c2sc(C)c(C)c2C1=O. The normalized spacial score (nSPS) is 13.5. The molecular weight excluding hydrogens is 404 g/mol. The number of ketones is 2. The van der Waals surface area contributed by atoms with E-state index in [1.165, 1.54) is 30.4 Å². The molecule has 0 atom stereocenters. The molecule has 2 aromatic rings. The predicted molar refractivity (Wildman–Crippen MR) is 115 cm³/mol. The number of aryl methyl sites for hydroxylation is 1. The van der Waals surface area contributed by atoms with Crippen LogP contribution in [0.3, 0.4) is 0 Å². The van der Waals surface area contributed by atoms with Crippen LogP contribution in [0.4, 0.5) is 5.69 Å². The molecule has 0 saturated heterocycles. The van der Waals surface area contributed by atoms with Crippen LogP contribution in [0.25, 0.3) is 0 Å². The second-order valence-electron chi connectivity index (χ2n) is 6.94. The standard InChI is InChI=1S/C22H24N2O5S/c1-13-14(2)30-22-17(13)20(27)18(23(3)16(26)12-29-4)19(21(22)28)24(10-11-25)15-8-6-5-7-9-15/h5-9,25H,10-12H2,1-4H3. The number of carbonyl (C=O) groups excluding carboxylic acids is 3. The van der Waals surface area contributed by atoms with Crippen LogP contribution in [0.15, 0.2) is 41.7 Å². The molecule has 1 aliphatic carbocycles. The van der Waals surface area contributed by atoms with Crippen LogP contribution in [0.2, 0.25) is 0 Å². The highest BCUT2D eigenvalue weighted by molar-refractivity contribution is 7.15. The van der Waals surface area contributed by atoms with Gasteiger partial charge in [0.05, 0.1) is 11.5 Å². The van der Waals surface area contributed by atoms with Gasteiger partial charge in [-0.05, 0) is 31.5 Å². The number of thiophene rings is 1. The number of anilines is 1. The number of Topliss-reactive ketones (excluding diaryl/α,β-unsaturated/α-hetero) is 2. The highest BCUT2D eigenvalue weighted by atomic mass is 32.1. The lowest BCUT2D eigenvalue weighted by atomic mass is 9.92. The van der Waals surface area contributed by atoms with E-state index in [2.05, 4.69) is 0 Å². The van der Waals surface area contributed by atoms with Crippen molar-refractivity contribution in [2.45, 2.75) is 13.8 Å². The number of para-hydroxylation sites is 1. The molecule has 7 nitrogen and oxygen atoms in total. The molecule has 1 aromatic heterocycles. The zero-order valence-corrected chi connectivity index (χ0v) is 18.2. The van der Waals surface area contributed by atoms with E-state index in [1.807, 2.05) is 13.0 Å². The van der Waals surface area contributed by atoms with Gasteiger partial charge in [0.2, 0.25) is 11.6 Å². The number of carbonyl (C=O) groups is 3. The Morgan fingerprint density at radius 1 is 1.10 bits per heavy atom. The molecule has 1 aliphatic rings. The number of hydrogen-bond donors (Lipinski definition) is 1. The van der Waals surface area contributed by atoms with E-state index < -0.39 is 5.91 Å². The van der Waals surface area contributed by atoms with Crippen LogP contribution in [0.1, 0.15) is 30.5 Å². The first-order chi connectivity index (χ1) is 14.3. The summed E-state index contributed by atoms with van der Waals surface area (Å²) in [5.74, 6) is -1.17. The number of aliphatic hydroxyl groups is 1. The van der Waals surface area contributed by atoms with Crippen molar-refractivity contribution in [2.75, 3.05) is 38.8 Å². The minimum atomic E-state index is -0.448. The maximum Gasteiger partial charge on any atom is 0.252 e. The largest absolute Gasteiger partial charge is 0.395 e. The molecule has 0 unspecified atom stereocenters. The summed E-state index contributed by atoms with van der Waals surface area (Å²) in [5.41, 5.74) is 1.80. The lowest BCUT2D eigenvalue weighted by Gasteiger charge is -2.33. The number of amides is 1. The van der Waals surface area contributed by atoms with Crippen molar-refractivity contribution in [3.63, 3.8) is 0 Å². The first kappa shape index (κ1) is 21.9. The van der Waals surface area contributed by atoms with Crippen LogP contribution in [-0.4, -0.2) is 61.4 Å². The van der Waals surface area contributed by atoms with Crippen LogP contribution < -0.4 is 4.90 Å². The molecule has 1 heterocycles. The van der Waals surface area contributed by atoms with Crippen LogP contribution in [-0.2, 0) is 9.53 Å². The number of aliphatic hydroxyl groups excluding tert-OH is 1. The highest BCUT2D eigenvalue weighted by Gasteiger charge is 2.41. The summed E-state index contributed by atoms with van der Waals surface area (Å²) in [4.78, 5) is 43.8. The van der Waals surface area contributed by atoms with E-state index in [1.54, 1.807) is 36.1 Å². The van der Waals surface area contributed by atoms with Crippen LogP contribution >= 0.6 is 11.3 Å². The third-order valence-corrected chi connectivity index (χ3v) is 6.32. The van der Waals surface area contributed by atoms with Gasteiger partial charge in [-0.2, -0.15) is 0 Å². The van der Waals surface area contributed by atoms with Crippen molar-refractivity contribution in [3.8, 4) is 0 Å². The predicted octanol–water partition coefficient (Wildman–Crippen LogP) is 2.56. The highest BCUT2D eigenvalue weighted by Crippen LogP contribution is 2.38. The number of likely N-dealkylation sites (N-methyl/N-ethyl adjacent to an activating group) is 1. The number of hydrogen-bond acceptors (Lipinski definition) is 7. The number of benzene rings is 1. The molecule has 0 spiro atoms. The summed E-state index contributed by atoms with van der Waals surface area (Å²) >= 11 is 1.27. The first-order valence-corrected chi connectivity index (χ1v) is 10.3. The topological polar surface area (TPSA) is 87.2 Å². The molecule has 1 aromatic carbocycles. The van der Waals surface area contributed by atoms with E-state index >= 15 is 0 Å². The Morgan fingerprint density at radius 3 is 2.37 bits per heavy atom. The first-order valence-electron chi connectivity index (χ1n) is 9.46. The van der Waals surface area contributed by atoms with E-state index in [4.69, 9.17) is 4.74 Å². The summed E-state index contributed by atoms with van der Waals surface area (Å²) in [6.07, 6.45) is 0. The van der Waals surface area contributed by atoms with Crippen molar-refractivity contribution in [1.29, 1.82) is 0 Å². The van der Waals surface area contributed by atoms with Crippen molar-refractivity contribution < 1.29 is 24.2 Å². The van der Waals surface area contributed by atoms with Crippen molar-refractivity contribution in [1.82, 2.24) is 4.90 Å². The Balaban J connectivity index is 2.28. The second-order valence-corrected chi connectivity index (χ2v) is 8.16. The maximum absolute atomic E-state index is 13.6. The number of allylic oxidation sites excluding steroid dienone is 2. The quantitative estimate of drug-likeness (QED) is 0.729. The summed E-state index contributed by atoms with van der Waals surface area (Å²) in [7, 11) is 2.85. The minimum absolute atomic E-state index is 0.00671. The lowest BCUT2D eigenvalue weighted by Crippen LogP contribution is -2.42. The molecular formula is C22H24N2O5S. The zero-order valence-electron chi connectivity index (χ0n) is 17.4. The van der Waals surface area contributed by atoms with E-state index in [0.717, 1.165) is 10.4 Å². The van der Waals surface area contributed by atoms with Gasteiger partial charge in [0, 0.05) is 36.8 Å². The number of methoxy groups -OCH3 is 1. The summed E-state index contributed by atoms with van der Waals surface area (Å²) < 4.78 is 4.94. The third kappa shape index (κ3) is 3.69. The van der Waals surface area contributed by atoms with Crippen molar-refractivity contribution in [2.24, 2.45) is 0 Å². The molecule has 30 heavy (non-hydrogen) atoms. The number of fused-ring (bicyclic) bond motifs is 1. The molecule has 1 N–H and O–H groups in total. The van der Waals surface area contributed by atoms with Gasteiger partial charge in [-0.15, -0.1) is 11.3 Å². The van der Waals surface area contributed by atoms with Gasteiger partial charge in [0.15, 0.2) is 0 Å².